The molecule has 0 radical (unpaired) electrons. The lowest BCUT2D eigenvalue weighted by molar-refractivity contribution is -0.131. The molecule has 1 fully saturated rings. The van der Waals surface area contributed by atoms with E-state index in [4.69, 9.17) is 0 Å². The first-order valence-corrected chi connectivity index (χ1v) is 5.30. The molecule has 0 bridgehead atoms. The molecule has 1 amide bonds. The highest BCUT2D eigenvalue weighted by Crippen LogP contribution is 2.25. The molecule has 2 nitrogen and oxygen atoms in total. The number of likely N-dealkylation sites (tertiary alicyclic amines) is 1. The summed E-state index contributed by atoms with van der Waals surface area (Å²) in [6.07, 6.45) is -1.94. The van der Waals surface area contributed by atoms with E-state index in [1.54, 1.807) is 0 Å². The minimum atomic E-state index is -2.45. The molecular formula is C12H13F2NO. The molecule has 16 heavy (non-hydrogen) atoms. The Labute approximate surface area is 92.9 Å². The van der Waals surface area contributed by atoms with Crippen molar-refractivity contribution in [2.45, 2.75) is 31.9 Å². The second kappa shape index (κ2) is 4.60. The Morgan fingerprint density at radius 1 is 1.31 bits per heavy atom. The smallest absolute Gasteiger partial charge is 0.258 e. The highest BCUT2D eigenvalue weighted by Gasteiger charge is 2.36. The number of benzene rings is 1. The summed E-state index contributed by atoms with van der Waals surface area (Å²) >= 11 is 0. The molecule has 1 heterocycles. The van der Waals surface area contributed by atoms with Crippen molar-refractivity contribution in [3.63, 3.8) is 0 Å². The Morgan fingerprint density at radius 3 is 2.62 bits per heavy atom. The first-order valence-electron chi connectivity index (χ1n) is 5.30. The van der Waals surface area contributed by atoms with Gasteiger partial charge in [0.25, 0.3) is 6.43 Å². The van der Waals surface area contributed by atoms with Crippen LogP contribution in [-0.2, 0) is 11.3 Å². The van der Waals surface area contributed by atoms with Crippen molar-refractivity contribution in [2.75, 3.05) is 0 Å². The molecule has 86 valence electrons. The molecule has 1 aromatic rings. The maximum Gasteiger partial charge on any atom is 0.258 e. The summed E-state index contributed by atoms with van der Waals surface area (Å²) in [6, 6.07) is 8.32. The summed E-state index contributed by atoms with van der Waals surface area (Å²) in [5, 5.41) is 0. The van der Waals surface area contributed by atoms with Crippen LogP contribution in [0.25, 0.3) is 0 Å². The zero-order valence-electron chi connectivity index (χ0n) is 8.77. The van der Waals surface area contributed by atoms with Crippen molar-refractivity contribution in [1.29, 1.82) is 0 Å². The minimum Gasteiger partial charge on any atom is -0.330 e. The van der Waals surface area contributed by atoms with E-state index in [1.165, 1.54) is 4.90 Å². The summed E-state index contributed by atoms with van der Waals surface area (Å²) in [7, 11) is 0. The topological polar surface area (TPSA) is 20.3 Å². The fourth-order valence-corrected chi connectivity index (χ4v) is 2.00. The van der Waals surface area contributed by atoms with Gasteiger partial charge in [0.2, 0.25) is 5.91 Å². The van der Waals surface area contributed by atoms with Crippen molar-refractivity contribution in [3.8, 4) is 0 Å². The van der Waals surface area contributed by atoms with Crippen LogP contribution in [0.3, 0.4) is 0 Å². The van der Waals surface area contributed by atoms with Crippen LogP contribution in [0.1, 0.15) is 18.4 Å². The molecule has 1 saturated heterocycles. The fourth-order valence-electron chi connectivity index (χ4n) is 2.00. The predicted octanol–water partition coefficient (Wildman–Crippen LogP) is 2.44. The molecule has 0 saturated carbocycles. The first kappa shape index (κ1) is 11.0. The minimum absolute atomic E-state index is 0.172. The molecule has 1 aromatic carbocycles. The van der Waals surface area contributed by atoms with Gasteiger partial charge >= 0.3 is 0 Å². The van der Waals surface area contributed by atoms with Crippen molar-refractivity contribution in [2.24, 2.45) is 0 Å². The van der Waals surface area contributed by atoms with Gasteiger partial charge in [0.1, 0.15) is 0 Å². The van der Waals surface area contributed by atoms with Gasteiger partial charge in [0.15, 0.2) is 0 Å². The van der Waals surface area contributed by atoms with Crippen LogP contribution in [0.5, 0.6) is 0 Å². The molecule has 1 unspecified atom stereocenters. The van der Waals surface area contributed by atoms with E-state index in [2.05, 4.69) is 0 Å². The first-order chi connectivity index (χ1) is 7.68. The number of nitrogens with zero attached hydrogens (tertiary/aromatic N) is 1. The zero-order valence-corrected chi connectivity index (χ0v) is 8.77. The molecule has 1 aliphatic heterocycles. The monoisotopic (exact) mass is 225 g/mol. The third-order valence-corrected chi connectivity index (χ3v) is 2.86. The maximum absolute atomic E-state index is 12.7. The van der Waals surface area contributed by atoms with Gasteiger partial charge in [-0.05, 0) is 12.0 Å². The van der Waals surface area contributed by atoms with Crippen LogP contribution in [0.2, 0.25) is 0 Å². The molecule has 0 spiro atoms. The predicted molar refractivity (Wildman–Crippen MR) is 56.0 cm³/mol. The maximum atomic E-state index is 12.7. The van der Waals surface area contributed by atoms with Gasteiger partial charge < -0.3 is 4.90 Å². The standard InChI is InChI=1S/C12H13F2NO/c13-12(14)10-6-7-11(16)15(10)8-9-4-2-1-3-5-9/h1-5,10,12H,6-8H2. The zero-order chi connectivity index (χ0) is 11.5. The van der Waals surface area contributed by atoms with Gasteiger partial charge in [-0.3, -0.25) is 4.79 Å². The van der Waals surface area contributed by atoms with Crippen molar-refractivity contribution < 1.29 is 13.6 Å². The lowest BCUT2D eigenvalue weighted by Gasteiger charge is -2.24. The molecule has 4 heteroatoms. The number of hydrogen-bond acceptors (Lipinski definition) is 1. The molecule has 1 atom stereocenters. The van der Waals surface area contributed by atoms with Crippen LogP contribution in [-0.4, -0.2) is 23.3 Å². The molecule has 0 aliphatic carbocycles. The highest BCUT2D eigenvalue weighted by molar-refractivity contribution is 5.78. The largest absolute Gasteiger partial charge is 0.330 e. The molecule has 0 aromatic heterocycles. The Bertz CT molecular complexity index is 367. The average Bonchev–Trinajstić information content (AvgIpc) is 2.62. The van der Waals surface area contributed by atoms with Gasteiger partial charge in [-0.2, -0.15) is 0 Å². The summed E-state index contributed by atoms with van der Waals surface area (Å²) in [4.78, 5) is 12.8. The third kappa shape index (κ3) is 2.21. The number of carbonyl (C=O) groups excluding carboxylic acids is 1. The van der Waals surface area contributed by atoms with Crippen molar-refractivity contribution in [3.05, 3.63) is 35.9 Å². The van der Waals surface area contributed by atoms with E-state index in [1.807, 2.05) is 30.3 Å². The van der Waals surface area contributed by atoms with Crippen LogP contribution in [0, 0.1) is 0 Å². The Balaban J connectivity index is 2.10. The van der Waals surface area contributed by atoms with Gasteiger partial charge in [0, 0.05) is 13.0 Å². The van der Waals surface area contributed by atoms with E-state index in [-0.39, 0.29) is 25.3 Å². The number of halogens is 2. The number of rotatable bonds is 3. The summed E-state index contributed by atoms with van der Waals surface area (Å²) in [5.41, 5.74) is 0.892. The van der Waals surface area contributed by atoms with E-state index >= 15 is 0 Å². The van der Waals surface area contributed by atoms with E-state index < -0.39 is 12.5 Å². The number of hydrogen-bond donors (Lipinski definition) is 0. The van der Waals surface area contributed by atoms with E-state index in [9.17, 15) is 13.6 Å². The summed E-state index contributed by atoms with van der Waals surface area (Å²) in [5.74, 6) is -0.172. The number of carbonyl (C=O) groups is 1. The second-order valence-electron chi connectivity index (χ2n) is 3.95. The Morgan fingerprint density at radius 2 is 2.00 bits per heavy atom. The third-order valence-electron chi connectivity index (χ3n) is 2.86. The lowest BCUT2D eigenvalue weighted by Crippen LogP contribution is -2.37. The molecule has 0 N–H and O–H groups in total. The van der Waals surface area contributed by atoms with Crippen LogP contribution in [0.15, 0.2) is 30.3 Å². The van der Waals surface area contributed by atoms with Gasteiger partial charge in [-0.15, -0.1) is 0 Å². The highest BCUT2D eigenvalue weighted by atomic mass is 19.3. The summed E-state index contributed by atoms with van der Waals surface area (Å²) < 4.78 is 25.3. The average molecular weight is 225 g/mol. The Kier molecular flexibility index (Phi) is 3.17. The van der Waals surface area contributed by atoms with Gasteiger partial charge in [-0.25, -0.2) is 8.78 Å². The quantitative estimate of drug-likeness (QED) is 0.773. The van der Waals surface area contributed by atoms with E-state index in [0.717, 1.165) is 5.56 Å². The van der Waals surface area contributed by atoms with Crippen LogP contribution < -0.4 is 0 Å². The Hall–Kier alpha value is -1.45. The number of alkyl halides is 2. The van der Waals surface area contributed by atoms with Crippen molar-refractivity contribution in [1.82, 2.24) is 4.90 Å². The lowest BCUT2D eigenvalue weighted by atomic mass is 10.2. The van der Waals surface area contributed by atoms with Crippen LogP contribution >= 0.6 is 0 Å². The summed E-state index contributed by atoms with van der Waals surface area (Å²) in [6.45, 7) is 0.286. The number of amides is 1. The van der Waals surface area contributed by atoms with Gasteiger partial charge in [-0.1, -0.05) is 30.3 Å². The van der Waals surface area contributed by atoms with Crippen LogP contribution in [0.4, 0.5) is 8.78 Å². The molecular weight excluding hydrogens is 212 g/mol. The SMILES string of the molecule is O=C1CCC(C(F)F)N1Cc1ccccc1. The normalized spacial score (nSPS) is 20.8. The second-order valence-corrected chi connectivity index (χ2v) is 3.95. The molecule has 2 rings (SSSR count). The van der Waals surface area contributed by atoms with E-state index in [0.29, 0.717) is 0 Å². The fraction of sp³-hybridized carbons (Fsp3) is 0.417. The molecule has 1 aliphatic rings. The van der Waals surface area contributed by atoms with Crippen molar-refractivity contribution >= 4 is 5.91 Å². The van der Waals surface area contributed by atoms with Gasteiger partial charge in [0.05, 0.1) is 6.04 Å².